The Labute approximate surface area is 122 Å². The maximum Gasteiger partial charge on any atom is 0.225 e. The zero-order valence-corrected chi connectivity index (χ0v) is 13.2. The molecule has 0 aromatic carbocycles. The Morgan fingerprint density at radius 1 is 1.11 bits per heavy atom. The zero-order chi connectivity index (χ0) is 14.4. The highest BCUT2D eigenvalue weighted by molar-refractivity contribution is 7.80. The largest absolute Gasteiger partial charge is 0.392 e. The molecule has 1 saturated heterocycles. The van der Waals surface area contributed by atoms with Crippen LogP contribution in [0.3, 0.4) is 0 Å². The van der Waals surface area contributed by atoms with Crippen molar-refractivity contribution in [1.82, 2.24) is 9.80 Å². The first-order chi connectivity index (χ1) is 9.04. The number of thiocarbonyl (C=S) groups is 1. The molecule has 1 aliphatic rings. The van der Waals surface area contributed by atoms with Crippen molar-refractivity contribution in [2.24, 2.45) is 11.7 Å². The van der Waals surface area contributed by atoms with Crippen LogP contribution in [-0.2, 0) is 4.79 Å². The molecule has 0 saturated carbocycles. The fourth-order valence-electron chi connectivity index (χ4n) is 2.79. The van der Waals surface area contributed by atoms with Gasteiger partial charge in [0.15, 0.2) is 0 Å². The zero-order valence-electron chi connectivity index (χ0n) is 12.4. The molecule has 19 heavy (non-hydrogen) atoms. The molecule has 110 valence electrons. The minimum atomic E-state index is 0.181. The highest BCUT2D eigenvalue weighted by Gasteiger charge is 2.28. The third-order valence-electron chi connectivity index (χ3n) is 4.12. The lowest BCUT2D eigenvalue weighted by atomic mass is 10.0. The van der Waals surface area contributed by atoms with Crippen molar-refractivity contribution >= 4 is 23.1 Å². The van der Waals surface area contributed by atoms with Gasteiger partial charge >= 0.3 is 0 Å². The first-order valence-corrected chi connectivity index (χ1v) is 7.78. The van der Waals surface area contributed by atoms with Crippen LogP contribution >= 0.6 is 12.2 Å². The Kier molecular flexibility index (Phi) is 6.72. The van der Waals surface area contributed by atoms with Gasteiger partial charge in [0, 0.05) is 32.1 Å². The summed E-state index contributed by atoms with van der Waals surface area (Å²) < 4.78 is 0. The molecular formula is C14H27N3OS. The average molecular weight is 285 g/mol. The molecule has 2 N–H and O–H groups in total. The predicted octanol–water partition coefficient (Wildman–Crippen LogP) is 1.63. The molecule has 0 aromatic rings. The minimum Gasteiger partial charge on any atom is -0.392 e. The van der Waals surface area contributed by atoms with Crippen LogP contribution in [0.25, 0.3) is 0 Å². The van der Waals surface area contributed by atoms with Crippen LogP contribution in [0.2, 0.25) is 0 Å². The quantitative estimate of drug-likeness (QED) is 0.754. The molecule has 1 amide bonds. The minimum absolute atomic E-state index is 0.181. The summed E-state index contributed by atoms with van der Waals surface area (Å²) in [5.74, 6) is 0.497. The van der Waals surface area contributed by atoms with E-state index in [-0.39, 0.29) is 12.0 Å². The summed E-state index contributed by atoms with van der Waals surface area (Å²) in [7, 11) is 0. The SMILES string of the molecule is CCC(CC)C(=O)N1CCN(C(CC)C(N)=S)CC1. The number of amides is 1. The van der Waals surface area contributed by atoms with Crippen LogP contribution in [0.5, 0.6) is 0 Å². The van der Waals surface area contributed by atoms with Gasteiger partial charge in [-0.15, -0.1) is 0 Å². The van der Waals surface area contributed by atoms with Crippen LogP contribution in [-0.4, -0.2) is 52.9 Å². The summed E-state index contributed by atoms with van der Waals surface area (Å²) in [5, 5.41) is 0. The Morgan fingerprint density at radius 3 is 2.00 bits per heavy atom. The van der Waals surface area contributed by atoms with Crippen LogP contribution in [0.15, 0.2) is 0 Å². The predicted molar refractivity (Wildman–Crippen MR) is 83.1 cm³/mol. The van der Waals surface area contributed by atoms with Crippen LogP contribution in [0.4, 0.5) is 0 Å². The second kappa shape index (κ2) is 7.80. The number of nitrogens with zero attached hydrogens (tertiary/aromatic N) is 2. The van der Waals surface area contributed by atoms with E-state index in [0.29, 0.717) is 10.9 Å². The van der Waals surface area contributed by atoms with E-state index in [4.69, 9.17) is 18.0 Å². The van der Waals surface area contributed by atoms with E-state index in [1.54, 1.807) is 0 Å². The lowest BCUT2D eigenvalue weighted by Gasteiger charge is -2.39. The molecule has 0 aromatic heterocycles. The maximum atomic E-state index is 12.3. The van der Waals surface area contributed by atoms with E-state index in [1.807, 2.05) is 4.90 Å². The second-order valence-corrected chi connectivity index (χ2v) is 5.67. The Balaban J connectivity index is 2.53. The average Bonchev–Trinajstić information content (AvgIpc) is 2.41. The molecule has 0 spiro atoms. The number of carbonyl (C=O) groups excluding carboxylic acids is 1. The van der Waals surface area contributed by atoms with E-state index in [9.17, 15) is 4.79 Å². The number of carbonyl (C=O) groups is 1. The summed E-state index contributed by atoms with van der Waals surface area (Å²) in [4.78, 5) is 17.2. The third-order valence-corrected chi connectivity index (χ3v) is 4.39. The van der Waals surface area contributed by atoms with E-state index < -0.39 is 0 Å². The lowest BCUT2D eigenvalue weighted by Crippen LogP contribution is -2.55. The first kappa shape index (κ1) is 16.4. The van der Waals surface area contributed by atoms with Gasteiger partial charge in [-0.25, -0.2) is 0 Å². The smallest absolute Gasteiger partial charge is 0.225 e. The Morgan fingerprint density at radius 2 is 1.63 bits per heavy atom. The van der Waals surface area contributed by atoms with Crippen LogP contribution in [0, 0.1) is 5.92 Å². The number of nitrogens with two attached hydrogens (primary N) is 1. The molecule has 0 aliphatic carbocycles. The molecule has 1 aliphatic heterocycles. The van der Waals surface area contributed by atoms with Crippen LogP contribution < -0.4 is 5.73 Å². The molecule has 1 atom stereocenters. The molecule has 1 heterocycles. The Hall–Kier alpha value is -0.680. The molecule has 5 heteroatoms. The normalized spacial score (nSPS) is 18.6. The van der Waals surface area contributed by atoms with Crippen molar-refractivity contribution in [2.75, 3.05) is 26.2 Å². The van der Waals surface area contributed by atoms with E-state index >= 15 is 0 Å². The van der Waals surface area contributed by atoms with Crippen molar-refractivity contribution in [1.29, 1.82) is 0 Å². The van der Waals surface area contributed by atoms with Gasteiger partial charge in [-0.05, 0) is 19.3 Å². The van der Waals surface area contributed by atoms with E-state index in [0.717, 1.165) is 45.4 Å². The molecule has 0 bridgehead atoms. The van der Waals surface area contributed by atoms with Gasteiger partial charge in [0.05, 0.1) is 11.0 Å². The van der Waals surface area contributed by atoms with Gasteiger partial charge < -0.3 is 10.6 Å². The molecule has 4 nitrogen and oxygen atoms in total. The van der Waals surface area contributed by atoms with Crippen molar-refractivity contribution in [3.8, 4) is 0 Å². The molecular weight excluding hydrogens is 258 g/mol. The molecule has 0 radical (unpaired) electrons. The van der Waals surface area contributed by atoms with Gasteiger partial charge in [0.1, 0.15) is 0 Å². The van der Waals surface area contributed by atoms with Crippen LogP contribution in [0.1, 0.15) is 40.0 Å². The number of hydrogen-bond acceptors (Lipinski definition) is 3. The first-order valence-electron chi connectivity index (χ1n) is 7.37. The van der Waals surface area contributed by atoms with Crippen molar-refractivity contribution < 1.29 is 4.79 Å². The topological polar surface area (TPSA) is 49.6 Å². The van der Waals surface area contributed by atoms with E-state index in [1.165, 1.54) is 0 Å². The molecule has 1 rings (SSSR count). The van der Waals surface area contributed by atoms with Gasteiger partial charge in [-0.2, -0.15) is 0 Å². The monoisotopic (exact) mass is 285 g/mol. The third kappa shape index (κ3) is 4.14. The van der Waals surface area contributed by atoms with Crippen molar-refractivity contribution in [3.05, 3.63) is 0 Å². The highest BCUT2D eigenvalue weighted by Crippen LogP contribution is 2.15. The standard InChI is InChI=1S/C14H27N3OS/c1-4-11(5-2)14(18)17-9-7-16(8-10-17)12(6-3)13(15)19/h11-12H,4-10H2,1-3H3,(H2,15,19). The van der Waals surface area contributed by atoms with E-state index in [2.05, 4.69) is 25.7 Å². The Bertz CT molecular complexity index is 310. The van der Waals surface area contributed by atoms with Crippen molar-refractivity contribution in [2.45, 2.75) is 46.1 Å². The highest BCUT2D eigenvalue weighted by atomic mass is 32.1. The molecule has 1 unspecified atom stereocenters. The second-order valence-electron chi connectivity index (χ2n) is 5.20. The number of rotatable bonds is 6. The summed E-state index contributed by atoms with van der Waals surface area (Å²) in [6.45, 7) is 9.63. The van der Waals surface area contributed by atoms with Crippen molar-refractivity contribution in [3.63, 3.8) is 0 Å². The van der Waals surface area contributed by atoms with Gasteiger partial charge in [0.25, 0.3) is 0 Å². The number of piperazine rings is 1. The number of hydrogen-bond donors (Lipinski definition) is 1. The summed E-state index contributed by atoms with van der Waals surface area (Å²) >= 11 is 5.11. The fourth-order valence-corrected chi connectivity index (χ4v) is 3.11. The van der Waals surface area contributed by atoms with Gasteiger partial charge in [-0.1, -0.05) is 33.0 Å². The fraction of sp³-hybridized carbons (Fsp3) is 0.857. The maximum absolute atomic E-state index is 12.3. The summed E-state index contributed by atoms with van der Waals surface area (Å²) in [6.07, 6.45) is 2.80. The lowest BCUT2D eigenvalue weighted by molar-refractivity contribution is -0.137. The molecule has 1 fully saturated rings. The summed E-state index contributed by atoms with van der Waals surface area (Å²) in [6, 6.07) is 0.181. The van der Waals surface area contributed by atoms with Gasteiger partial charge in [0.2, 0.25) is 5.91 Å². The van der Waals surface area contributed by atoms with Gasteiger partial charge in [-0.3, -0.25) is 9.69 Å². The summed E-state index contributed by atoms with van der Waals surface area (Å²) in [5.41, 5.74) is 5.77.